The van der Waals surface area contributed by atoms with Gasteiger partial charge in [-0.2, -0.15) is 0 Å². The van der Waals surface area contributed by atoms with E-state index < -0.39 is 18.1 Å². The Labute approximate surface area is 164 Å². The van der Waals surface area contributed by atoms with Crippen molar-refractivity contribution in [3.05, 3.63) is 59.7 Å². The van der Waals surface area contributed by atoms with E-state index in [2.05, 4.69) is 17.4 Å². The Hall–Kier alpha value is -2.86. The molecule has 1 amide bonds. The molecule has 0 fully saturated rings. The molecular formula is C22H26N2O4. The van der Waals surface area contributed by atoms with Gasteiger partial charge in [-0.25, -0.2) is 9.59 Å². The molecule has 0 radical (unpaired) electrons. The molecule has 0 aromatic heterocycles. The Morgan fingerprint density at radius 1 is 1.07 bits per heavy atom. The maximum atomic E-state index is 12.3. The minimum absolute atomic E-state index is 0.0463. The van der Waals surface area contributed by atoms with E-state index >= 15 is 0 Å². The van der Waals surface area contributed by atoms with Crippen molar-refractivity contribution in [1.29, 1.82) is 0 Å². The number of ether oxygens (including phenoxy) is 1. The van der Waals surface area contributed by atoms with Crippen molar-refractivity contribution in [1.82, 2.24) is 5.32 Å². The van der Waals surface area contributed by atoms with Crippen LogP contribution in [0.2, 0.25) is 0 Å². The second-order valence-electron chi connectivity index (χ2n) is 7.36. The predicted octanol–water partition coefficient (Wildman–Crippen LogP) is 3.21. The van der Waals surface area contributed by atoms with Gasteiger partial charge in [0.2, 0.25) is 0 Å². The van der Waals surface area contributed by atoms with Gasteiger partial charge in [0.15, 0.2) is 0 Å². The van der Waals surface area contributed by atoms with Crippen LogP contribution in [0.3, 0.4) is 0 Å². The van der Waals surface area contributed by atoms with Crippen molar-refractivity contribution < 1.29 is 19.4 Å². The molecule has 3 unspecified atom stereocenters. The average molecular weight is 382 g/mol. The highest BCUT2D eigenvalue weighted by Crippen LogP contribution is 2.44. The van der Waals surface area contributed by atoms with Gasteiger partial charge < -0.3 is 20.9 Å². The number of hydrogen-bond acceptors (Lipinski definition) is 4. The van der Waals surface area contributed by atoms with Crippen LogP contribution in [-0.4, -0.2) is 36.4 Å². The van der Waals surface area contributed by atoms with Gasteiger partial charge in [-0.3, -0.25) is 0 Å². The van der Waals surface area contributed by atoms with Crippen LogP contribution in [0.25, 0.3) is 11.1 Å². The number of alkyl carbamates (subject to hydrolysis) is 1. The van der Waals surface area contributed by atoms with Gasteiger partial charge in [-0.1, -0.05) is 62.4 Å². The number of carboxylic acids is 1. The standard InChI is InChI=1S/C22H26N2O4/c1-13(11-23)14(2)20(21(25)26)24-22(27)28-12-19-17-9-5-3-7-15(17)16-8-4-6-10-18(16)19/h3-10,13-14,19-20H,11-12,23H2,1-2H3,(H,24,27)(H,25,26). The summed E-state index contributed by atoms with van der Waals surface area (Å²) in [5.74, 6) is -1.53. The fourth-order valence-electron chi connectivity index (χ4n) is 3.73. The second kappa shape index (κ2) is 8.44. The highest BCUT2D eigenvalue weighted by atomic mass is 16.5. The van der Waals surface area contributed by atoms with E-state index in [1.54, 1.807) is 6.92 Å². The molecule has 1 aliphatic rings. The Morgan fingerprint density at radius 3 is 2.11 bits per heavy atom. The number of nitrogens with two attached hydrogens (primary N) is 1. The first-order chi connectivity index (χ1) is 13.4. The largest absolute Gasteiger partial charge is 0.480 e. The number of fused-ring (bicyclic) bond motifs is 3. The van der Waals surface area contributed by atoms with Crippen LogP contribution in [0, 0.1) is 11.8 Å². The van der Waals surface area contributed by atoms with Gasteiger partial charge in [0.05, 0.1) is 0 Å². The zero-order valence-corrected chi connectivity index (χ0v) is 16.1. The average Bonchev–Trinajstić information content (AvgIpc) is 3.03. The molecule has 0 spiro atoms. The Balaban J connectivity index is 1.70. The van der Waals surface area contributed by atoms with E-state index in [0.29, 0.717) is 6.54 Å². The molecule has 0 saturated heterocycles. The molecule has 6 heteroatoms. The molecule has 2 aromatic rings. The maximum absolute atomic E-state index is 12.3. The molecule has 148 valence electrons. The molecule has 1 aliphatic carbocycles. The van der Waals surface area contributed by atoms with Crippen LogP contribution < -0.4 is 11.1 Å². The smallest absolute Gasteiger partial charge is 0.407 e. The summed E-state index contributed by atoms with van der Waals surface area (Å²) in [5.41, 5.74) is 10.1. The summed E-state index contributed by atoms with van der Waals surface area (Å²) in [6, 6.07) is 15.1. The fourth-order valence-corrected chi connectivity index (χ4v) is 3.73. The van der Waals surface area contributed by atoms with E-state index in [-0.39, 0.29) is 24.4 Å². The molecule has 4 N–H and O–H groups in total. The van der Waals surface area contributed by atoms with Crippen LogP contribution >= 0.6 is 0 Å². The topological polar surface area (TPSA) is 102 Å². The second-order valence-corrected chi connectivity index (χ2v) is 7.36. The number of carbonyl (C=O) groups is 2. The zero-order chi connectivity index (χ0) is 20.3. The van der Waals surface area contributed by atoms with Gasteiger partial charge in [-0.05, 0) is 40.6 Å². The summed E-state index contributed by atoms with van der Waals surface area (Å²) in [7, 11) is 0. The van der Waals surface area contributed by atoms with E-state index in [1.165, 1.54) is 0 Å². The normalized spacial score (nSPS) is 15.8. The summed E-state index contributed by atoms with van der Waals surface area (Å²) in [5, 5.41) is 12.0. The van der Waals surface area contributed by atoms with Gasteiger partial charge >= 0.3 is 12.1 Å². The number of rotatable bonds is 7. The van der Waals surface area contributed by atoms with Crippen LogP contribution in [-0.2, 0) is 9.53 Å². The zero-order valence-electron chi connectivity index (χ0n) is 16.1. The van der Waals surface area contributed by atoms with Crippen molar-refractivity contribution in [2.45, 2.75) is 25.8 Å². The summed E-state index contributed by atoms with van der Waals surface area (Å²) in [4.78, 5) is 23.9. The van der Waals surface area contributed by atoms with Crippen LogP contribution in [0.1, 0.15) is 30.9 Å². The first-order valence-corrected chi connectivity index (χ1v) is 9.48. The third kappa shape index (κ3) is 3.87. The van der Waals surface area contributed by atoms with E-state index in [1.807, 2.05) is 43.3 Å². The third-order valence-corrected chi connectivity index (χ3v) is 5.68. The van der Waals surface area contributed by atoms with E-state index in [9.17, 15) is 14.7 Å². The van der Waals surface area contributed by atoms with E-state index in [0.717, 1.165) is 22.3 Å². The number of hydrogen-bond donors (Lipinski definition) is 3. The molecule has 0 saturated carbocycles. The molecule has 6 nitrogen and oxygen atoms in total. The number of aliphatic carboxylic acids is 1. The number of benzene rings is 2. The summed E-state index contributed by atoms with van der Waals surface area (Å²) in [6.07, 6.45) is -0.731. The highest BCUT2D eigenvalue weighted by Gasteiger charge is 2.32. The number of nitrogens with one attached hydrogen (secondary N) is 1. The van der Waals surface area contributed by atoms with Crippen LogP contribution in [0.4, 0.5) is 4.79 Å². The first-order valence-electron chi connectivity index (χ1n) is 9.48. The van der Waals surface area contributed by atoms with E-state index in [4.69, 9.17) is 10.5 Å². The summed E-state index contributed by atoms with van der Waals surface area (Å²) >= 11 is 0. The number of amides is 1. The van der Waals surface area contributed by atoms with Crippen molar-refractivity contribution in [3.8, 4) is 11.1 Å². The molecule has 2 aromatic carbocycles. The van der Waals surface area contributed by atoms with Crippen molar-refractivity contribution >= 4 is 12.1 Å². The summed E-state index contributed by atoms with van der Waals surface area (Å²) in [6.45, 7) is 4.12. The molecular weight excluding hydrogens is 356 g/mol. The van der Waals surface area contributed by atoms with Gasteiger partial charge in [0, 0.05) is 5.92 Å². The third-order valence-electron chi connectivity index (χ3n) is 5.68. The fraction of sp³-hybridized carbons (Fsp3) is 0.364. The molecule has 28 heavy (non-hydrogen) atoms. The molecule has 0 heterocycles. The number of carboxylic acid groups (broad SMARTS) is 1. The van der Waals surface area contributed by atoms with Gasteiger partial charge in [0.25, 0.3) is 0 Å². The SMILES string of the molecule is CC(CN)C(C)C(NC(=O)OCC1c2ccccc2-c2ccccc21)C(=O)O. The molecule has 0 aliphatic heterocycles. The minimum Gasteiger partial charge on any atom is -0.480 e. The molecule has 0 bridgehead atoms. The Kier molecular flexibility index (Phi) is 5.99. The van der Waals surface area contributed by atoms with Crippen molar-refractivity contribution in [3.63, 3.8) is 0 Å². The highest BCUT2D eigenvalue weighted by molar-refractivity contribution is 5.81. The molecule has 3 atom stereocenters. The van der Waals surface area contributed by atoms with Crippen LogP contribution in [0.5, 0.6) is 0 Å². The Bertz CT molecular complexity index is 822. The van der Waals surface area contributed by atoms with Crippen molar-refractivity contribution in [2.75, 3.05) is 13.2 Å². The van der Waals surface area contributed by atoms with Crippen LogP contribution in [0.15, 0.2) is 48.5 Å². The lowest BCUT2D eigenvalue weighted by molar-refractivity contribution is -0.141. The minimum atomic E-state index is -1.10. The summed E-state index contributed by atoms with van der Waals surface area (Å²) < 4.78 is 5.44. The monoisotopic (exact) mass is 382 g/mol. The lowest BCUT2D eigenvalue weighted by Gasteiger charge is -2.25. The quantitative estimate of drug-likeness (QED) is 0.682. The van der Waals surface area contributed by atoms with Gasteiger partial charge in [0.1, 0.15) is 12.6 Å². The number of carbonyl (C=O) groups excluding carboxylic acids is 1. The Morgan fingerprint density at radius 2 is 1.61 bits per heavy atom. The predicted molar refractivity (Wildman–Crippen MR) is 107 cm³/mol. The maximum Gasteiger partial charge on any atom is 0.407 e. The lowest BCUT2D eigenvalue weighted by atomic mass is 9.89. The van der Waals surface area contributed by atoms with Crippen molar-refractivity contribution in [2.24, 2.45) is 17.6 Å². The molecule has 3 rings (SSSR count). The first kappa shape index (κ1) is 19.9. The lowest BCUT2D eigenvalue weighted by Crippen LogP contribution is -2.48. The van der Waals surface area contributed by atoms with Gasteiger partial charge in [-0.15, -0.1) is 0 Å².